The maximum atomic E-state index is 11.5. The maximum absolute atomic E-state index is 11.5. The number of rotatable bonds is 2. The van der Waals surface area contributed by atoms with Crippen molar-refractivity contribution >= 4 is 34.8 Å². The van der Waals surface area contributed by atoms with Gasteiger partial charge in [-0.15, -0.1) is 11.6 Å². The van der Waals surface area contributed by atoms with E-state index in [-0.39, 0.29) is 11.3 Å². The zero-order valence-electron chi connectivity index (χ0n) is 11.8. The first-order valence-electron chi connectivity index (χ1n) is 6.79. The van der Waals surface area contributed by atoms with Crippen LogP contribution in [0, 0.1) is 13.8 Å². The summed E-state index contributed by atoms with van der Waals surface area (Å²) < 4.78 is 0. The van der Waals surface area contributed by atoms with Gasteiger partial charge in [0.05, 0.1) is 11.8 Å². The molecule has 0 aromatic heterocycles. The van der Waals surface area contributed by atoms with Crippen molar-refractivity contribution in [1.82, 2.24) is 0 Å². The number of carbonyl (C=O) groups excluding carboxylic acids is 1. The van der Waals surface area contributed by atoms with Gasteiger partial charge in [-0.2, -0.15) is 0 Å². The summed E-state index contributed by atoms with van der Waals surface area (Å²) in [5.41, 5.74) is 6.03. The molecule has 21 heavy (non-hydrogen) atoms. The number of fused-ring (bicyclic) bond motifs is 1. The van der Waals surface area contributed by atoms with Gasteiger partial charge in [-0.05, 0) is 53.8 Å². The van der Waals surface area contributed by atoms with Crippen LogP contribution >= 0.6 is 23.2 Å². The summed E-state index contributed by atoms with van der Waals surface area (Å²) in [5.74, 6) is -0.00415. The van der Waals surface area contributed by atoms with Crippen LogP contribution < -0.4 is 5.32 Å². The summed E-state index contributed by atoms with van der Waals surface area (Å²) in [7, 11) is 0. The number of amides is 1. The van der Waals surface area contributed by atoms with Crippen molar-refractivity contribution in [3.8, 4) is 0 Å². The van der Waals surface area contributed by atoms with Gasteiger partial charge in [0.15, 0.2) is 0 Å². The standard InChI is InChI=1S/C17H15Cl2NO/c1-9-3-4-11(5-10(9)2)17(19)13-6-12-7-16(21)20-15(12)8-14(13)18/h3-6,8,17H,7H2,1-2H3,(H,20,21). The van der Waals surface area contributed by atoms with Crippen LogP contribution in [0.1, 0.15) is 33.2 Å². The lowest BCUT2D eigenvalue weighted by atomic mass is 9.98. The molecule has 1 N–H and O–H groups in total. The molecule has 0 spiro atoms. The van der Waals surface area contributed by atoms with Crippen molar-refractivity contribution in [2.75, 3.05) is 5.32 Å². The first-order chi connectivity index (χ1) is 9.95. The lowest BCUT2D eigenvalue weighted by Crippen LogP contribution is -2.03. The molecule has 0 bridgehead atoms. The van der Waals surface area contributed by atoms with Crippen molar-refractivity contribution in [2.45, 2.75) is 25.6 Å². The minimum absolute atomic E-state index is 0.00415. The van der Waals surface area contributed by atoms with E-state index in [0.717, 1.165) is 22.4 Å². The first-order valence-corrected chi connectivity index (χ1v) is 7.60. The van der Waals surface area contributed by atoms with Crippen molar-refractivity contribution in [2.24, 2.45) is 0 Å². The first kappa shape index (κ1) is 14.4. The van der Waals surface area contributed by atoms with Crippen LogP contribution in [-0.2, 0) is 11.2 Å². The minimum atomic E-state index is -0.321. The molecule has 2 aromatic rings. The van der Waals surface area contributed by atoms with Crippen molar-refractivity contribution in [3.05, 3.63) is 63.2 Å². The number of alkyl halides is 1. The van der Waals surface area contributed by atoms with Crippen LogP contribution in [-0.4, -0.2) is 5.91 Å². The SMILES string of the molecule is Cc1ccc(C(Cl)c2cc3c(cc2Cl)NC(=O)C3)cc1C. The van der Waals surface area contributed by atoms with Crippen LogP contribution in [0.25, 0.3) is 0 Å². The molecule has 1 amide bonds. The third-order valence-electron chi connectivity index (χ3n) is 3.94. The topological polar surface area (TPSA) is 29.1 Å². The Kier molecular flexibility index (Phi) is 3.68. The van der Waals surface area contributed by atoms with Gasteiger partial charge in [0.25, 0.3) is 0 Å². The fourth-order valence-corrected chi connectivity index (χ4v) is 3.21. The molecule has 0 saturated heterocycles. The Morgan fingerprint density at radius 1 is 1.14 bits per heavy atom. The number of benzene rings is 2. The summed E-state index contributed by atoms with van der Waals surface area (Å²) in [6, 6.07) is 9.88. The van der Waals surface area contributed by atoms with Gasteiger partial charge in [0, 0.05) is 10.7 Å². The molecule has 0 radical (unpaired) electrons. The summed E-state index contributed by atoms with van der Waals surface area (Å²) in [6.45, 7) is 4.14. The Labute approximate surface area is 134 Å². The van der Waals surface area contributed by atoms with E-state index in [1.165, 1.54) is 11.1 Å². The molecule has 0 fully saturated rings. The summed E-state index contributed by atoms with van der Waals surface area (Å²) >= 11 is 12.9. The molecule has 0 saturated carbocycles. The average Bonchev–Trinajstić information content (AvgIpc) is 2.79. The second kappa shape index (κ2) is 5.36. The van der Waals surface area contributed by atoms with E-state index in [1.54, 1.807) is 6.07 Å². The molecule has 4 heteroatoms. The highest BCUT2D eigenvalue weighted by Gasteiger charge is 2.23. The Hall–Kier alpha value is -1.51. The zero-order chi connectivity index (χ0) is 15.1. The molecular weight excluding hydrogens is 305 g/mol. The average molecular weight is 320 g/mol. The van der Waals surface area contributed by atoms with Gasteiger partial charge >= 0.3 is 0 Å². The highest BCUT2D eigenvalue weighted by molar-refractivity contribution is 6.33. The van der Waals surface area contributed by atoms with Crippen LogP contribution in [0.4, 0.5) is 5.69 Å². The second-order valence-electron chi connectivity index (χ2n) is 5.46. The van der Waals surface area contributed by atoms with E-state index in [0.29, 0.717) is 11.4 Å². The van der Waals surface area contributed by atoms with E-state index in [4.69, 9.17) is 23.2 Å². The van der Waals surface area contributed by atoms with E-state index in [9.17, 15) is 4.79 Å². The number of carbonyl (C=O) groups is 1. The lowest BCUT2D eigenvalue weighted by molar-refractivity contribution is -0.115. The van der Waals surface area contributed by atoms with Crippen LogP contribution in [0.15, 0.2) is 30.3 Å². The third kappa shape index (κ3) is 2.66. The van der Waals surface area contributed by atoms with E-state index in [2.05, 4.69) is 31.3 Å². The van der Waals surface area contributed by atoms with Gasteiger partial charge in [-0.25, -0.2) is 0 Å². The molecule has 1 heterocycles. The smallest absolute Gasteiger partial charge is 0.228 e. The molecule has 2 aromatic carbocycles. The Morgan fingerprint density at radius 3 is 2.62 bits per heavy atom. The monoisotopic (exact) mass is 319 g/mol. The number of hydrogen-bond acceptors (Lipinski definition) is 1. The normalized spacial score (nSPS) is 14.8. The Balaban J connectivity index is 2.02. The second-order valence-corrected chi connectivity index (χ2v) is 6.31. The van der Waals surface area contributed by atoms with Gasteiger partial charge in [0.2, 0.25) is 5.91 Å². The molecular formula is C17H15Cl2NO. The van der Waals surface area contributed by atoms with Crippen molar-refractivity contribution in [3.63, 3.8) is 0 Å². The predicted octanol–water partition coefficient (Wildman–Crippen LogP) is 4.78. The molecule has 1 aliphatic rings. The Morgan fingerprint density at radius 2 is 1.90 bits per heavy atom. The summed E-state index contributed by atoms with van der Waals surface area (Å²) in [5, 5.41) is 3.05. The fraction of sp³-hybridized carbons (Fsp3) is 0.235. The molecule has 1 unspecified atom stereocenters. The number of aryl methyl sites for hydroxylation is 2. The zero-order valence-corrected chi connectivity index (χ0v) is 13.3. The highest BCUT2D eigenvalue weighted by Crippen LogP contribution is 2.38. The lowest BCUT2D eigenvalue weighted by Gasteiger charge is -2.15. The number of anilines is 1. The molecule has 3 rings (SSSR count). The van der Waals surface area contributed by atoms with Gasteiger partial charge in [-0.1, -0.05) is 29.8 Å². The van der Waals surface area contributed by atoms with Gasteiger partial charge < -0.3 is 5.32 Å². The van der Waals surface area contributed by atoms with E-state index >= 15 is 0 Å². The quantitative estimate of drug-likeness (QED) is 0.793. The van der Waals surface area contributed by atoms with Crippen LogP contribution in [0.2, 0.25) is 5.02 Å². The molecule has 108 valence electrons. The maximum Gasteiger partial charge on any atom is 0.228 e. The van der Waals surface area contributed by atoms with Crippen LogP contribution in [0.3, 0.4) is 0 Å². The van der Waals surface area contributed by atoms with E-state index in [1.807, 2.05) is 12.1 Å². The van der Waals surface area contributed by atoms with Gasteiger partial charge in [0.1, 0.15) is 0 Å². The number of halogens is 2. The van der Waals surface area contributed by atoms with Crippen molar-refractivity contribution in [1.29, 1.82) is 0 Å². The highest BCUT2D eigenvalue weighted by atomic mass is 35.5. The molecule has 0 aliphatic carbocycles. The molecule has 1 atom stereocenters. The number of nitrogens with one attached hydrogen (secondary N) is 1. The van der Waals surface area contributed by atoms with E-state index < -0.39 is 0 Å². The third-order valence-corrected chi connectivity index (χ3v) is 4.76. The molecule has 2 nitrogen and oxygen atoms in total. The van der Waals surface area contributed by atoms with Crippen molar-refractivity contribution < 1.29 is 4.79 Å². The number of hydrogen-bond donors (Lipinski definition) is 1. The predicted molar refractivity (Wildman–Crippen MR) is 87.4 cm³/mol. The summed E-state index contributed by atoms with van der Waals surface area (Å²) in [4.78, 5) is 11.5. The van der Waals surface area contributed by atoms with Gasteiger partial charge in [-0.3, -0.25) is 4.79 Å². The summed E-state index contributed by atoms with van der Waals surface area (Å²) in [6.07, 6.45) is 0.385. The Bertz CT molecular complexity index is 740. The largest absolute Gasteiger partial charge is 0.325 e. The fourth-order valence-electron chi connectivity index (χ4n) is 2.56. The molecule has 1 aliphatic heterocycles. The van der Waals surface area contributed by atoms with Crippen LogP contribution in [0.5, 0.6) is 0 Å². The minimum Gasteiger partial charge on any atom is -0.325 e.